The average molecular weight is 258 g/mol. The molecule has 18 heavy (non-hydrogen) atoms. The van der Waals surface area contributed by atoms with Gasteiger partial charge in [0.1, 0.15) is 0 Å². The van der Waals surface area contributed by atoms with Crippen molar-refractivity contribution in [2.45, 2.75) is 13.3 Å². The van der Waals surface area contributed by atoms with Gasteiger partial charge >= 0.3 is 0 Å². The van der Waals surface area contributed by atoms with Gasteiger partial charge in [-0.2, -0.15) is 0 Å². The minimum Gasteiger partial charge on any atom is -0.284 e. The van der Waals surface area contributed by atoms with Gasteiger partial charge in [0.2, 0.25) is 0 Å². The fourth-order valence-electron chi connectivity index (χ4n) is 2.34. The number of aliphatic imine (C=N–C) groups is 1. The molecule has 2 aromatic rings. The van der Waals surface area contributed by atoms with Crippen LogP contribution in [0, 0.1) is 6.92 Å². The molecule has 0 radical (unpaired) electrons. The molecule has 0 atom stereocenters. The van der Waals surface area contributed by atoms with Gasteiger partial charge in [0.25, 0.3) is 0 Å². The van der Waals surface area contributed by atoms with E-state index in [9.17, 15) is 0 Å². The number of rotatable bonds is 1. The maximum absolute atomic E-state index is 4.70. The number of aryl methyl sites for hydroxylation is 1. The van der Waals surface area contributed by atoms with Crippen molar-refractivity contribution in [3.8, 4) is 0 Å². The summed E-state index contributed by atoms with van der Waals surface area (Å²) >= 11 is 0. The summed E-state index contributed by atoms with van der Waals surface area (Å²) in [6.45, 7) is 3.04. The van der Waals surface area contributed by atoms with E-state index in [1.807, 2.05) is 6.07 Å². The topological polar surface area (TPSA) is 12.4 Å². The largest absolute Gasteiger partial charge is 0.284 e. The summed E-state index contributed by atoms with van der Waals surface area (Å²) in [5.74, 6) is 0. The van der Waals surface area contributed by atoms with E-state index in [1.54, 1.807) is 0 Å². The van der Waals surface area contributed by atoms with E-state index >= 15 is 0 Å². The molecule has 2 heteroatoms. The van der Waals surface area contributed by atoms with Crippen molar-refractivity contribution in [3.63, 3.8) is 0 Å². The zero-order valence-electron chi connectivity index (χ0n) is 10.4. The molecule has 1 heterocycles. The van der Waals surface area contributed by atoms with Gasteiger partial charge in [0, 0.05) is 17.7 Å². The number of fused-ring (bicyclic) bond motifs is 1. The van der Waals surface area contributed by atoms with Gasteiger partial charge in [-0.15, -0.1) is 12.4 Å². The quantitative estimate of drug-likeness (QED) is 0.737. The lowest BCUT2D eigenvalue weighted by molar-refractivity contribution is 0.942. The highest BCUT2D eigenvalue weighted by molar-refractivity contribution is 6.14. The molecule has 2 aromatic carbocycles. The van der Waals surface area contributed by atoms with Crippen LogP contribution in [0.15, 0.2) is 53.5 Å². The van der Waals surface area contributed by atoms with Crippen LogP contribution in [0.5, 0.6) is 0 Å². The Morgan fingerprint density at radius 1 is 1.00 bits per heavy atom. The molecule has 0 spiro atoms. The molecule has 0 unspecified atom stereocenters. The van der Waals surface area contributed by atoms with Gasteiger partial charge in [-0.1, -0.05) is 48.0 Å². The molecule has 0 aliphatic carbocycles. The van der Waals surface area contributed by atoms with E-state index in [-0.39, 0.29) is 12.4 Å². The van der Waals surface area contributed by atoms with E-state index in [0.717, 1.165) is 18.7 Å². The fraction of sp³-hybridized carbons (Fsp3) is 0.188. The first kappa shape index (κ1) is 12.8. The fourth-order valence-corrected chi connectivity index (χ4v) is 2.34. The first-order valence-electron chi connectivity index (χ1n) is 6.04. The Hall–Kier alpha value is -1.60. The molecule has 3 rings (SSSR count). The maximum atomic E-state index is 4.70. The van der Waals surface area contributed by atoms with Gasteiger partial charge in [0.05, 0.1) is 5.71 Å². The number of nitrogens with zero attached hydrogens (tertiary/aromatic N) is 1. The lowest BCUT2D eigenvalue weighted by Gasteiger charge is -2.17. The van der Waals surface area contributed by atoms with Gasteiger partial charge in [0.15, 0.2) is 0 Å². The molecule has 0 saturated heterocycles. The highest BCUT2D eigenvalue weighted by Gasteiger charge is 2.15. The van der Waals surface area contributed by atoms with Crippen LogP contribution in [0.4, 0.5) is 0 Å². The molecule has 0 amide bonds. The van der Waals surface area contributed by atoms with Crippen LogP contribution < -0.4 is 0 Å². The molecule has 0 bridgehead atoms. The first-order chi connectivity index (χ1) is 8.34. The SMILES string of the molecule is Cc1ccc2c(c1)C(c1ccccc1)=NCC2.Cl. The van der Waals surface area contributed by atoms with Gasteiger partial charge in [-0.25, -0.2) is 0 Å². The Morgan fingerprint density at radius 3 is 2.56 bits per heavy atom. The third kappa shape index (κ3) is 2.32. The van der Waals surface area contributed by atoms with Crippen LogP contribution in [0.3, 0.4) is 0 Å². The van der Waals surface area contributed by atoms with Gasteiger partial charge in [-0.05, 0) is 25.0 Å². The normalized spacial score (nSPS) is 13.3. The van der Waals surface area contributed by atoms with Crippen molar-refractivity contribution in [1.29, 1.82) is 0 Å². The summed E-state index contributed by atoms with van der Waals surface area (Å²) < 4.78 is 0. The predicted molar refractivity (Wildman–Crippen MR) is 79.1 cm³/mol. The van der Waals surface area contributed by atoms with E-state index < -0.39 is 0 Å². The summed E-state index contributed by atoms with van der Waals surface area (Å²) in [6, 6.07) is 17.1. The second-order valence-corrected chi connectivity index (χ2v) is 4.51. The molecule has 1 aliphatic rings. The Labute approximate surface area is 114 Å². The third-order valence-electron chi connectivity index (χ3n) is 3.22. The number of hydrogen-bond donors (Lipinski definition) is 0. The highest BCUT2D eigenvalue weighted by Crippen LogP contribution is 2.21. The van der Waals surface area contributed by atoms with Crippen LogP contribution in [-0.2, 0) is 6.42 Å². The van der Waals surface area contributed by atoms with Gasteiger partial charge < -0.3 is 0 Å². The molecule has 0 N–H and O–H groups in total. The van der Waals surface area contributed by atoms with Crippen LogP contribution in [-0.4, -0.2) is 12.3 Å². The van der Waals surface area contributed by atoms with Gasteiger partial charge in [-0.3, -0.25) is 4.99 Å². The van der Waals surface area contributed by atoms with Crippen LogP contribution in [0.1, 0.15) is 22.3 Å². The Kier molecular flexibility index (Phi) is 3.83. The van der Waals surface area contributed by atoms with E-state index in [0.29, 0.717) is 0 Å². The highest BCUT2D eigenvalue weighted by atomic mass is 35.5. The lowest BCUT2D eigenvalue weighted by atomic mass is 9.92. The van der Waals surface area contributed by atoms with Crippen molar-refractivity contribution in [3.05, 3.63) is 70.8 Å². The molecule has 0 fully saturated rings. The van der Waals surface area contributed by atoms with Crippen molar-refractivity contribution in [2.75, 3.05) is 6.54 Å². The van der Waals surface area contributed by atoms with E-state index in [4.69, 9.17) is 4.99 Å². The minimum atomic E-state index is 0. The summed E-state index contributed by atoms with van der Waals surface area (Å²) in [5, 5.41) is 0. The molecular formula is C16H16ClN. The first-order valence-corrected chi connectivity index (χ1v) is 6.04. The molecule has 0 saturated carbocycles. The summed E-state index contributed by atoms with van der Waals surface area (Å²) in [5.41, 5.74) is 6.40. The maximum Gasteiger partial charge on any atom is 0.0721 e. The zero-order chi connectivity index (χ0) is 11.7. The van der Waals surface area contributed by atoms with Crippen LogP contribution in [0.25, 0.3) is 0 Å². The number of halogens is 1. The number of benzene rings is 2. The molecule has 92 valence electrons. The third-order valence-corrected chi connectivity index (χ3v) is 3.22. The molecular weight excluding hydrogens is 242 g/mol. The van der Waals surface area contributed by atoms with Crippen molar-refractivity contribution < 1.29 is 0 Å². The summed E-state index contributed by atoms with van der Waals surface area (Å²) in [6.07, 6.45) is 1.06. The molecule has 1 nitrogen and oxygen atoms in total. The minimum absolute atomic E-state index is 0. The number of hydrogen-bond acceptors (Lipinski definition) is 1. The lowest BCUT2D eigenvalue weighted by Crippen LogP contribution is -2.14. The van der Waals surface area contributed by atoms with Crippen LogP contribution >= 0.6 is 12.4 Å². The Morgan fingerprint density at radius 2 is 1.78 bits per heavy atom. The second-order valence-electron chi connectivity index (χ2n) is 4.51. The second kappa shape index (κ2) is 5.36. The zero-order valence-corrected chi connectivity index (χ0v) is 11.2. The van der Waals surface area contributed by atoms with Crippen molar-refractivity contribution >= 4 is 18.1 Å². The molecule has 0 aromatic heterocycles. The van der Waals surface area contributed by atoms with E-state index in [2.05, 4.69) is 49.4 Å². The monoisotopic (exact) mass is 257 g/mol. The predicted octanol–water partition coefficient (Wildman–Crippen LogP) is 3.81. The van der Waals surface area contributed by atoms with Crippen molar-refractivity contribution in [2.24, 2.45) is 4.99 Å². The smallest absolute Gasteiger partial charge is 0.0721 e. The van der Waals surface area contributed by atoms with Crippen molar-refractivity contribution in [1.82, 2.24) is 0 Å². The van der Waals surface area contributed by atoms with E-state index in [1.165, 1.54) is 22.3 Å². The standard InChI is InChI=1S/C16H15N.ClH/c1-12-7-8-13-9-10-17-16(15(13)11-12)14-5-3-2-4-6-14;/h2-8,11H,9-10H2,1H3;1H. The van der Waals surface area contributed by atoms with Crippen LogP contribution in [0.2, 0.25) is 0 Å². The Bertz CT molecular complexity index is 573. The summed E-state index contributed by atoms with van der Waals surface area (Å²) in [4.78, 5) is 4.70. The molecule has 1 aliphatic heterocycles. The average Bonchev–Trinajstić information content (AvgIpc) is 2.39. The Balaban J connectivity index is 0.00000120. The summed E-state index contributed by atoms with van der Waals surface area (Å²) in [7, 11) is 0.